The third kappa shape index (κ3) is 3.74. The molecule has 0 saturated carbocycles. The Hall–Kier alpha value is -3.04. The van der Waals surface area contributed by atoms with Gasteiger partial charge in [-0.2, -0.15) is 4.98 Å². The summed E-state index contributed by atoms with van der Waals surface area (Å²) in [6.45, 7) is 4.91. The van der Waals surface area contributed by atoms with Gasteiger partial charge < -0.3 is 19.6 Å². The molecule has 1 saturated heterocycles. The molecular weight excluding hydrogens is 360 g/mol. The maximum Gasteiger partial charge on any atom is 0.318 e. The van der Waals surface area contributed by atoms with Gasteiger partial charge in [-0.05, 0) is 26.0 Å². The minimum Gasteiger partial charge on any atom is -0.339 e. The lowest BCUT2D eigenvalue weighted by molar-refractivity contribution is -0.138. The number of nitrogens with zero attached hydrogens (tertiary/aromatic N) is 4. The van der Waals surface area contributed by atoms with Crippen molar-refractivity contribution in [3.8, 4) is 11.5 Å². The van der Waals surface area contributed by atoms with Crippen LogP contribution in [0.15, 0.2) is 22.7 Å². The molecule has 10 heteroatoms. The molecule has 2 aromatic rings. The fourth-order valence-electron chi connectivity index (χ4n) is 2.91. The summed E-state index contributed by atoms with van der Waals surface area (Å²) < 4.78 is 32.4. The van der Waals surface area contributed by atoms with E-state index in [1.54, 1.807) is 11.8 Å². The van der Waals surface area contributed by atoms with Crippen LogP contribution in [0.2, 0.25) is 0 Å². The normalized spacial score (nSPS) is 17.3. The first-order valence-electron chi connectivity index (χ1n) is 8.52. The van der Waals surface area contributed by atoms with Crippen molar-refractivity contribution in [3.63, 3.8) is 0 Å². The molecule has 1 atom stereocenters. The molecule has 0 bridgehead atoms. The maximum atomic E-state index is 13.8. The van der Waals surface area contributed by atoms with Crippen molar-refractivity contribution in [1.29, 1.82) is 0 Å². The lowest BCUT2D eigenvalue weighted by Gasteiger charge is -2.38. The van der Waals surface area contributed by atoms with Gasteiger partial charge in [-0.3, -0.25) is 4.79 Å². The summed E-state index contributed by atoms with van der Waals surface area (Å²) in [6, 6.07) is 2.37. The van der Waals surface area contributed by atoms with Crippen LogP contribution in [0.3, 0.4) is 0 Å². The number of urea groups is 1. The van der Waals surface area contributed by atoms with Gasteiger partial charge in [0.1, 0.15) is 23.2 Å². The number of carbonyl (C=O) groups excluding carboxylic acids is 2. The Kier molecular flexibility index (Phi) is 5.33. The van der Waals surface area contributed by atoms with E-state index in [9.17, 15) is 18.4 Å². The van der Waals surface area contributed by atoms with Crippen LogP contribution < -0.4 is 5.32 Å². The summed E-state index contributed by atoms with van der Waals surface area (Å²) in [4.78, 5) is 31.5. The van der Waals surface area contributed by atoms with E-state index in [-0.39, 0.29) is 24.2 Å². The zero-order valence-electron chi connectivity index (χ0n) is 14.9. The van der Waals surface area contributed by atoms with Crippen LogP contribution in [0, 0.1) is 11.6 Å². The Morgan fingerprint density at radius 2 is 2.04 bits per heavy atom. The van der Waals surface area contributed by atoms with Gasteiger partial charge in [0.05, 0.1) is 6.54 Å². The highest BCUT2D eigenvalue weighted by molar-refractivity contribution is 5.87. The Bertz CT molecular complexity index is 837. The molecule has 2 heterocycles. The van der Waals surface area contributed by atoms with Crippen molar-refractivity contribution in [2.45, 2.75) is 26.4 Å². The molecule has 1 aromatic carbocycles. The molecule has 1 aliphatic rings. The van der Waals surface area contributed by atoms with E-state index in [2.05, 4.69) is 15.5 Å². The Balaban J connectivity index is 1.64. The fraction of sp³-hybridized carbons (Fsp3) is 0.412. The van der Waals surface area contributed by atoms with Gasteiger partial charge in [0, 0.05) is 19.6 Å². The Labute approximate surface area is 154 Å². The third-order valence-electron chi connectivity index (χ3n) is 4.43. The van der Waals surface area contributed by atoms with Crippen LogP contribution in [0.5, 0.6) is 0 Å². The van der Waals surface area contributed by atoms with E-state index in [1.165, 1.54) is 11.0 Å². The molecule has 27 heavy (non-hydrogen) atoms. The lowest BCUT2D eigenvalue weighted by Crippen LogP contribution is -2.59. The van der Waals surface area contributed by atoms with Crippen LogP contribution in [0.1, 0.15) is 19.7 Å². The summed E-state index contributed by atoms with van der Waals surface area (Å²) in [5.41, 5.74) is -0.419. The number of hydrogen-bond donors (Lipinski definition) is 1. The number of rotatable bonds is 4. The molecule has 1 aromatic heterocycles. The largest absolute Gasteiger partial charge is 0.339 e. The number of aromatic nitrogens is 2. The molecule has 3 amide bonds. The second-order valence-corrected chi connectivity index (χ2v) is 6.06. The highest BCUT2D eigenvalue weighted by Gasteiger charge is 2.33. The molecule has 0 aliphatic carbocycles. The molecule has 0 spiro atoms. The van der Waals surface area contributed by atoms with Gasteiger partial charge in [0.15, 0.2) is 5.82 Å². The van der Waals surface area contributed by atoms with E-state index in [0.717, 1.165) is 12.1 Å². The Morgan fingerprint density at radius 3 is 2.70 bits per heavy atom. The van der Waals surface area contributed by atoms with E-state index in [1.807, 2.05) is 6.92 Å². The number of benzene rings is 1. The number of hydrogen-bond acceptors (Lipinski definition) is 5. The second kappa shape index (κ2) is 7.68. The molecule has 1 N–H and O–H groups in total. The first kappa shape index (κ1) is 18.7. The molecule has 3 rings (SSSR count). The van der Waals surface area contributed by atoms with E-state index < -0.39 is 29.3 Å². The van der Waals surface area contributed by atoms with E-state index in [0.29, 0.717) is 19.6 Å². The van der Waals surface area contributed by atoms with Crippen molar-refractivity contribution < 1.29 is 22.9 Å². The first-order chi connectivity index (χ1) is 12.9. The van der Waals surface area contributed by atoms with Crippen molar-refractivity contribution in [2.75, 3.05) is 19.6 Å². The number of nitrogens with one attached hydrogen (secondary N) is 1. The summed E-state index contributed by atoms with van der Waals surface area (Å²) in [7, 11) is 0. The average Bonchev–Trinajstić information content (AvgIpc) is 3.10. The summed E-state index contributed by atoms with van der Waals surface area (Å²) >= 11 is 0. The monoisotopic (exact) mass is 379 g/mol. The second-order valence-electron chi connectivity index (χ2n) is 6.06. The van der Waals surface area contributed by atoms with Gasteiger partial charge >= 0.3 is 6.03 Å². The molecule has 8 nitrogen and oxygen atoms in total. The van der Waals surface area contributed by atoms with Crippen molar-refractivity contribution in [1.82, 2.24) is 25.3 Å². The van der Waals surface area contributed by atoms with Crippen molar-refractivity contribution in [2.24, 2.45) is 0 Å². The van der Waals surface area contributed by atoms with Gasteiger partial charge in [0.25, 0.3) is 5.89 Å². The van der Waals surface area contributed by atoms with E-state index in [4.69, 9.17) is 4.52 Å². The zero-order chi connectivity index (χ0) is 19.6. The molecule has 0 unspecified atom stereocenters. The lowest BCUT2D eigenvalue weighted by atomic mass is 10.2. The highest BCUT2D eigenvalue weighted by atomic mass is 19.1. The minimum absolute atomic E-state index is 0.0622. The van der Waals surface area contributed by atoms with E-state index >= 15 is 0 Å². The first-order valence-corrected chi connectivity index (χ1v) is 8.52. The third-order valence-corrected chi connectivity index (χ3v) is 4.43. The zero-order valence-corrected chi connectivity index (χ0v) is 14.9. The Morgan fingerprint density at radius 1 is 1.33 bits per heavy atom. The smallest absolute Gasteiger partial charge is 0.318 e. The number of likely N-dealkylation sites (N-methyl/N-ethyl adjacent to an activating group) is 1. The fourth-order valence-corrected chi connectivity index (χ4v) is 2.91. The standard InChI is InChI=1S/C17H19F2N5O3/c1-3-23-7-8-24(10(2)16(23)25)17(26)20-9-13-21-15(27-22-13)14-11(18)5-4-6-12(14)19/h4-6,10H,3,7-9H2,1-2H3,(H,20,26)/t10-/m0/s1. The van der Waals surface area contributed by atoms with Gasteiger partial charge in [-0.25, -0.2) is 13.6 Å². The summed E-state index contributed by atoms with van der Waals surface area (Å²) in [5.74, 6) is -2.01. The molecule has 1 fully saturated rings. The maximum absolute atomic E-state index is 13.8. The topological polar surface area (TPSA) is 91.6 Å². The number of halogens is 2. The van der Waals surface area contributed by atoms with Crippen LogP contribution in [0.4, 0.5) is 13.6 Å². The molecule has 1 aliphatic heterocycles. The molecule has 0 radical (unpaired) electrons. The van der Waals surface area contributed by atoms with Gasteiger partial charge in [0.2, 0.25) is 5.91 Å². The predicted molar refractivity (Wildman–Crippen MR) is 90.3 cm³/mol. The minimum atomic E-state index is -0.824. The average molecular weight is 379 g/mol. The predicted octanol–water partition coefficient (Wildman–Crippen LogP) is 1.78. The van der Waals surface area contributed by atoms with Crippen molar-refractivity contribution >= 4 is 11.9 Å². The molecular formula is C17H19F2N5O3. The number of piperazine rings is 1. The summed E-state index contributed by atoms with van der Waals surface area (Å²) in [5, 5.41) is 6.21. The van der Waals surface area contributed by atoms with Gasteiger partial charge in [-0.15, -0.1) is 0 Å². The van der Waals surface area contributed by atoms with Crippen molar-refractivity contribution in [3.05, 3.63) is 35.7 Å². The van der Waals surface area contributed by atoms with Crippen LogP contribution in [0.25, 0.3) is 11.5 Å². The SMILES string of the molecule is CCN1CCN(C(=O)NCc2noc(-c3c(F)cccc3F)n2)[C@@H](C)C1=O. The van der Waals surface area contributed by atoms with Crippen LogP contribution >= 0.6 is 0 Å². The quantitative estimate of drug-likeness (QED) is 0.874. The molecule has 144 valence electrons. The summed E-state index contributed by atoms with van der Waals surface area (Å²) in [6.07, 6.45) is 0. The van der Waals surface area contributed by atoms with Gasteiger partial charge in [-0.1, -0.05) is 11.2 Å². The van der Waals surface area contributed by atoms with Crippen LogP contribution in [-0.2, 0) is 11.3 Å². The van der Waals surface area contributed by atoms with Crippen LogP contribution in [-0.4, -0.2) is 57.6 Å². The highest BCUT2D eigenvalue weighted by Crippen LogP contribution is 2.24. The number of amides is 3. The number of carbonyl (C=O) groups is 2.